The van der Waals surface area contributed by atoms with Crippen molar-refractivity contribution in [1.82, 2.24) is 0 Å². The van der Waals surface area contributed by atoms with Crippen LogP contribution in [0.5, 0.6) is 0 Å². The topological polar surface area (TPSA) is 6.48 Å². The Kier molecular flexibility index (Phi) is 10.2. The van der Waals surface area contributed by atoms with Crippen LogP contribution in [-0.2, 0) is 15.3 Å². The van der Waals surface area contributed by atoms with Crippen molar-refractivity contribution in [3.05, 3.63) is 107 Å². The Bertz CT molecular complexity index is 1230. The summed E-state index contributed by atoms with van der Waals surface area (Å²) in [6.45, 7) is 24.6. The third-order valence-electron chi connectivity index (χ3n) is 7.78. The van der Waals surface area contributed by atoms with E-state index in [1.807, 2.05) is 0 Å². The molecule has 0 N–H and O–H groups in total. The van der Waals surface area contributed by atoms with Gasteiger partial charge in [-0.15, -0.1) is 0 Å². The van der Waals surface area contributed by atoms with Crippen LogP contribution in [-0.4, -0.2) is 17.3 Å². The molecule has 1 heterocycles. The molecule has 3 aromatic carbocycles. The van der Waals surface area contributed by atoms with Gasteiger partial charge in [0.05, 0.1) is 0 Å². The molecule has 0 aliphatic carbocycles. The standard InChI is InChI=1S/C27H38N2.C9H9.ClH.Pd/c1-18(2)22-11-9-12-23(19(3)4)26(22)28-15-16-29(17-28)27-24(20(5)6)13-10-14-25(27)21(7)8;1-2-6-9-7-4-3-5-8-9;;/h9-14,18-21H,15-16H2,1-8H3;2-8H,1H2;1H;/q;;;+1/p-1. The molecule has 4 heteroatoms. The summed E-state index contributed by atoms with van der Waals surface area (Å²) in [7, 11) is 7.83. The van der Waals surface area contributed by atoms with E-state index in [2.05, 4.69) is 145 Å². The van der Waals surface area contributed by atoms with Gasteiger partial charge in [0.15, 0.2) is 0 Å². The first-order valence-corrected chi connectivity index (χ1v) is 18.4. The van der Waals surface area contributed by atoms with Gasteiger partial charge in [0.1, 0.15) is 0 Å². The van der Waals surface area contributed by atoms with Crippen LogP contribution in [0.15, 0.2) is 79.4 Å². The number of allylic oxidation sites excluding steroid dienone is 1. The number of benzene rings is 3. The van der Waals surface area contributed by atoms with Gasteiger partial charge in [-0.2, -0.15) is 0 Å². The third kappa shape index (κ3) is 6.04. The summed E-state index contributed by atoms with van der Waals surface area (Å²) in [4.78, 5) is 5.22. The second-order valence-corrected chi connectivity index (χ2v) is 16.2. The molecule has 1 unspecified atom stereocenters. The van der Waals surface area contributed by atoms with Crippen molar-refractivity contribution in [1.29, 1.82) is 0 Å². The van der Waals surface area contributed by atoms with E-state index in [0.29, 0.717) is 23.7 Å². The molecule has 1 saturated heterocycles. The van der Waals surface area contributed by atoms with E-state index in [-0.39, 0.29) is 4.39 Å². The van der Waals surface area contributed by atoms with Gasteiger partial charge >= 0.3 is 254 Å². The van der Waals surface area contributed by atoms with E-state index in [1.165, 1.54) is 43.4 Å². The molecule has 3 aromatic rings. The van der Waals surface area contributed by atoms with Gasteiger partial charge in [-0.1, -0.05) is 0 Å². The monoisotopic (exact) mass is 648 g/mol. The van der Waals surface area contributed by atoms with Gasteiger partial charge in [0.2, 0.25) is 0 Å². The summed E-state index contributed by atoms with van der Waals surface area (Å²) in [5.41, 5.74) is 9.57. The fourth-order valence-electron chi connectivity index (χ4n) is 5.73. The zero-order valence-electron chi connectivity index (χ0n) is 25.5. The van der Waals surface area contributed by atoms with Gasteiger partial charge in [-0.25, -0.2) is 0 Å². The van der Waals surface area contributed by atoms with E-state index in [9.17, 15) is 0 Å². The molecule has 40 heavy (non-hydrogen) atoms. The average molecular weight is 650 g/mol. The minimum atomic E-state index is -1.84. The van der Waals surface area contributed by atoms with Crippen molar-refractivity contribution < 1.29 is 15.3 Å². The molecule has 0 aromatic heterocycles. The number of rotatable bonds is 9. The first-order valence-electron chi connectivity index (χ1n) is 14.7. The molecule has 0 bridgehead atoms. The summed E-state index contributed by atoms with van der Waals surface area (Å²) < 4.78 is 1.38. The van der Waals surface area contributed by atoms with Crippen molar-refractivity contribution in [2.75, 3.05) is 22.9 Å². The summed E-state index contributed by atoms with van der Waals surface area (Å²) in [5.74, 6) is 1.65. The molecule has 1 atom stereocenters. The minimum absolute atomic E-state index is 0.0920. The molecule has 0 saturated carbocycles. The van der Waals surface area contributed by atoms with Crippen LogP contribution in [0.2, 0.25) is 0 Å². The second kappa shape index (κ2) is 13.2. The fraction of sp³-hybridized carbons (Fsp3) is 0.417. The number of anilines is 2. The normalized spacial score (nSPS) is 15.1. The molecule has 0 amide bonds. The fourth-order valence-corrected chi connectivity index (χ4v) is 10.3. The number of para-hydroxylation sites is 2. The first-order chi connectivity index (χ1) is 19.1. The van der Waals surface area contributed by atoms with Crippen molar-refractivity contribution in [3.8, 4) is 0 Å². The van der Waals surface area contributed by atoms with Gasteiger partial charge < -0.3 is 0 Å². The van der Waals surface area contributed by atoms with Crippen LogP contribution < -0.4 is 9.80 Å². The Hall–Kier alpha value is -2.18. The molecule has 0 spiro atoms. The Morgan fingerprint density at radius 3 is 1.32 bits per heavy atom. The zero-order valence-corrected chi connectivity index (χ0v) is 27.8. The van der Waals surface area contributed by atoms with Crippen LogP contribution in [0.1, 0.15) is 111 Å². The maximum absolute atomic E-state index is 7.83. The van der Waals surface area contributed by atoms with E-state index in [4.69, 9.17) is 9.53 Å². The molecular formula is C36H47ClN2Pd. The second-order valence-electron chi connectivity index (χ2n) is 12.0. The van der Waals surface area contributed by atoms with Gasteiger partial charge in [0.25, 0.3) is 0 Å². The molecule has 1 aliphatic rings. The molecule has 1 aliphatic heterocycles. The molecule has 1 fully saturated rings. The predicted octanol–water partition coefficient (Wildman–Crippen LogP) is 10.3. The number of hydrogen-bond donors (Lipinski definition) is 0. The average Bonchev–Trinajstić information content (AvgIpc) is 3.37. The zero-order chi connectivity index (χ0) is 29.1. The molecular weight excluding hydrogens is 602 g/mol. The van der Waals surface area contributed by atoms with Gasteiger partial charge in [0, 0.05) is 0 Å². The Balaban J connectivity index is 2.06. The van der Waals surface area contributed by atoms with E-state index < -0.39 is 15.3 Å². The third-order valence-corrected chi connectivity index (χ3v) is 12.5. The molecule has 2 nitrogen and oxygen atoms in total. The summed E-state index contributed by atoms with van der Waals surface area (Å²) in [6, 6.07) is 24.5. The van der Waals surface area contributed by atoms with Crippen molar-refractivity contribution in [3.63, 3.8) is 0 Å². The first kappa shape index (κ1) is 30.8. The molecule has 4 rings (SSSR count). The van der Waals surface area contributed by atoms with Crippen molar-refractivity contribution >= 4 is 25.1 Å². The number of halogens is 1. The van der Waals surface area contributed by atoms with Crippen LogP contribution in [0, 0.1) is 0 Å². The Labute approximate surface area is 252 Å². The van der Waals surface area contributed by atoms with Gasteiger partial charge in [-0.3, -0.25) is 0 Å². The maximum atomic E-state index is 7.83. The van der Waals surface area contributed by atoms with E-state index >= 15 is 0 Å². The van der Waals surface area contributed by atoms with E-state index in [1.54, 1.807) is 0 Å². The predicted molar refractivity (Wildman–Crippen MR) is 174 cm³/mol. The SMILES string of the molecule is C=C[CH](c1ccccc1)[Pd]([Cl])=[C]1N(c2c(C(C)C)cccc2C(C)C)CCN1c1c(C(C)C)cccc1C(C)C. The molecule has 218 valence electrons. The Morgan fingerprint density at radius 2 is 1.00 bits per heavy atom. The van der Waals surface area contributed by atoms with Crippen LogP contribution in [0.25, 0.3) is 0 Å². The quantitative estimate of drug-likeness (QED) is 0.168. The van der Waals surface area contributed by atoms with Crippen LogP contribution in [0.3, 0.4) is 0 Å². The summed E-state index contributed by atoms with van der Waals surface area (Å²) >= 11 is -1.84. The number of hydrogen-bond acceptors (Lipinski definition) is 2. The Morgan fingerprint density at radius 1 is 0.625 bits per heavy atom. The van der Waals surface area contributed by atoms with Crippen LogP contribution >= 0.6 is 9.53 Å². The molecule has 0 radical (unpaired) electrons. The van der Waals surface area contributed by atoms with Gasteiger partial charge in [-0.05, 0) is 0 Å². The summed E-state index contributed by atoms with van der Waals surface area (Å²) in [6.07, 6.45) is 2.08. The van der Waals surface area contributed by atoms with Crippen molar-refractivity contribution in [2.45, 2.75) is 83.5 Å². The van der Waals surface area contributed by atoms with E-state index in [0.717, 1.165) is 13.1 Å². The van der Waals surface area contributed by atoms with Crippen LogP contribution in [0.4, 0.5) is 11.4 Å². The summed E-state index contributed by atoms with van der Waals surface area (Å²) in [5, 5.41) is 0. The van der Waals surface area contributed by atoms with Crippen molar-refractivity contribution in [2.24, 2.45) is 0 Å². The number of nitrogens with zero attached hydrogens (tertiary/aromatic N) is 2.